The van der Waals surface area contributed by atoms with Gasteiger partial charge in [-0.25, -0.2) is 0 Å². The van der Waals surface area contributed by atoms with Crippen LogP contribution in [0.2, 0.25) is 0 Å². The van der Waals surface area contributed by atoms with Crippen molar-refractivity contribution in [3.63, 3.8) is 0 Å². The van der Waals surface area contributed by atoms with Crippen LogP contribution in [0, 0.1) is 0 Å². The molecule has 43 heavy (non-hydrogen) atoms. The fourth-order valence-corrected chi connectivity index (χ4v) is 6.58. The maximum atomic E-state index is 2.42. The summed E-state index contributed by atoms with van der Waals surface area (Å²) in [6, 6.07) is 48.0. The van der Waals surface area contributed by atoms with Gasteiger partial charge in [0.15, 0.2) is 0 Å². The molecule has 204 valence electrons. The Kier molecular flexibility index (Phi) is 6.35. The molecule has 2 aliphatic carbocycles. The summed E-state index contributed by atoms with van der Waals surface area (Å²) in [5.41, 5.74) is 14.1. The molecule has 0 unspecified atom stereocenters. The molecule has 0 amide bonds. The first-order valence-corrected chi connectivity index (χ1v) is 15.1. The van der Waals surface area contributed by atoms with E-state index in [-0.39, 0.29) is 0 Å². The van der Waals surface area contributed by atoms with E-state index in [1.807, 2.05) is 0 Å². The lowest BCUT2D eigenvalue weighted by Gasteiger charge is -2.25. The van der Waals surface area contributed by atoms with Gasteiger partial charge in [0.05, 0.1) is 0 Å². The molecule has 0 saturated heterocycles. The van der Waals surface area contributed by atoms with Gasteiger partial charge in [0, 0.05) is 17.1 Å². The van der Waals surface area contributed by atoms with Crippen LogP contribution in [-0.4, -0.2) is 0 Å². The molecule has 6 aromatic rings. The van der Waals surface area contributed by atoms with Crippen molar-refractivity contribution in [2.24, 2.45) is 0 Å². The number of allylic oxidation sites excluding steroid dienone is 3. The minimum absolute atomic E-state index is 1.03. The van der Waals surface area contributed by atoms with Crippen molar-refractivity contribution in [3.8, 4) is 11.1 Å². The summed E-state index contributed by atoms with van der Waals surface area (Å²) < 4.78 is 0. The van der Waals surface area contributed by atoms with Gasteiger partial charge in [0.2, 0.25) is 0 Å². The molecule has 0 fully saturated rings. The molecule has 1 nitrogen and oxygen atoms in total. The predicted molar refractivity (Wildman–Crippen MR) is 185 cm³/mol. The number of nitrogens with zero attached hydrogens (tertiary/aromatic N) is 1. The first kappa shape index (κ1) is 25.3. The van der Waals surface area contributed by atoms with Crippen molar-refractivity contribution in [1.29, 1.82) is 0 Å². The minimum Gasteiger partial charge on any atom is -0.311 e. The first-order chi connectivity index (χ1) is 21.3. The molecule has 8 rings (SSSR count). The van der Waals surface area contributed by atoms with Crippen molar-refractivity contribution in [2.75, 3.05) is 4.90 Å². The Balaban J connectivity index is 1.05. The first-order valence-electron chi connectivity index (χ1n) is 15.1. The van der Waals surface area contributed by atoms with Crippen molar-refractivity contribution >= 4 is 51.6 Å². The summed E-state index contributed by atoms with van der Waals surface area (Å²) in [5.74, 6) is 0. The number of para-hydroxylation sites is 2. The molecule has 2 aliphatic rings. The summed E-state index contributed by atoms with van der Waals surface area (Å²) in [7, 11) is 0. The van der Waals surface area contributed by atoms with Crippen molar-refractivity contribution in [2.45, 2.75) is 12.8 Å². The monoisotopic (exact) mass is 549 g/mol. The normalized spacial score (nSPS) is 13.3. The Morgan fingerprint density at radius 2 is 1.16 bits per heavy atom. The zero-order chi connectivity index (χ0) is 28.6. The molecule has 0 N–H and O–H groups in total. The van der Waals surface area contributed by atoms with E-state index in [0.29, 0.717) is 0 Å². The Labute approximate surface area is 253 Å². The Hall–Kier alpha value is -5.40. The van der Waals surface area contributed by atoms with Crippen LogP contribution in [0.3, 0.4) is 0 Å². The maximum absolute atomic E-state index is 2.42. The topological polar surface area (TPSA) is 3.24 Å². The Bertz CT molecular complexity index is 1990. The van der Waals surface area contributed by atoms with E-state index < -0.39 is 0 Å². The summed E-state index contributed by atoms with van der Waals surface area (Å²) in [4.78, 5) is 2.29. The third-order valence-corrected chi connectivity index (χ3v) is 8.69. The lowest BCUT2D eigenvalue weighted by Crippen LogP contribution is -2.09. The Morgan fingerprint density at radius 1 is 0.535 bits per heavy atom. The van der Waals surface area contributed by atoms with Crippen LogP contribution in [0.25, 0.3) is 45.7 Å². The van der Waals surface area contributed by atoms with Gasteiger partial charge in [-0.3, -0.25) is 0 Å². The second-order valence-corrected chi connectivity index (χ2v) is 11.3. The van der Waals surface area contributed by atoms with Crippen LogP contribution < -0.4 is 4.90 Å². The average Bonchev–Trinajstić information content (AvgIpc) is 3.08. The van der Waals surface area contributed by atoms with E-state index in [0.717, 1.165) is 29.9 Å². The van der Waals surface area contributed by atoms with Crippen molar-refractivity contribution < 1.29 is 0 Å². The molecule has 0 atom stereocenters. The number of anilines is 3. The highest BCUT2D eigenvalue weighted by Gasteiger charge is 2.21. The molecule has 1 heteroatoms. The van der Waals surface area contributed by atoms with Crippen LogP contribution in [0.5, 0.6) is 0 Å². The smallest absolute Gasteiger partial charge is 0.0462 e. The number of benzene rings is 6. The standard InChI is InChI=1S/C42H31N/c1-3-10-36(11-4-1)43(37-12-5-2-6-13-37)38-26-18-31(19-27-38)15-14-30-16-20-32(21-17-30)39-28-24-35-23-22-33-8-7-9-34-25-29-40(39)42(35)41(33)34/h1-7,9-22,24-29H,8,23H2. The van der Waals surface area contributed by atoms with Crippen LogP contribution in [0.4, 0.5) is 17.1 Å². The summed E-state index contributed by atoms with van der Waals surface area (Å²) in [5, 5.41) is 2.81. The fourth-order valence-electron chi connectivity index (χ4n) is 6.58. The molecular weight excluding hydrogens is 518 g/mol. The third kappa shape index (κ3) is 4.70. The van der Waals surface area contributed by atoms with Gasteiger partial charge in [-0.15, -0.1) is 0 Å². The zero-order valence-corrected chi connectivity index (χ0v) is 23.9. The highest BCUT2D eigenvalue weighted by molar-refractivity contribution is 6.08. The SMILES string of the molecule is C1=Cc2ccc3c(-c4ccc(C=Cc5ccc(N(c6ccccc6)c6ccccc6)cc5)cc4)ccc4c3c2C(=CC4)C1. The second-order valence-electron chi connectivity index (χ2n) is 11.3. The molecule has 0 bridgehead atoms. The fraction of sp³-hybridized carbons (Fsp3) is 0.0476. The van der Waals surface area contributed by atoms with Gasteiger partial charge in [0.1, 0.15) is 0 Å². The summed E-state index contributed by atoms with van der Waals surface area (Å²) in [6.07, 6.45) is 13.4. The van der Waals surface area contributed by atoms with E-state index in [2.05, 4.69) is 169 Å². The average molecular weight is 550 g/mol. The molecule has 6 aromatic carbocycles. The van der Waals surface area contributed by atoms with Gasteiger partial charge < -0.3 is 4.90 Å². The van der Waals surface area contributed by atoms with Gasteiger partial charge >= 0.3 is 0 Å². The molecule has 0 aliphatic heterocycles. The lowest BCUT2D eigenvalue weighted by molar-refractivity contribution is 1.23. The van der Waals surface area contributed by atoms with Crippen molar-refractivity contribution in [1.82, 2.24) is 0 Å². The van der Waals surface area contributed by atoms with Crippen LogP contribution in [0.15, 0.2) is 146 Å². The maximum Gasteiger partial charge on any atom is 0.0462 e. The highest BCUT2D eigenvalue weighted by Crippen LogP contribution is 2.43. The molecule has 0 aromatic heterocycles. The van der Waals surface area contributed by atoms with Gasteiger partial charge in [-0.1, -0.05) is 127 Å². The molecule has 0 saturated carbocycles. The number of rotatable bonds is 6. The van der Waals surface area contributed by atoms with E-state index in [9.17, 15) is 0 Å². The molecular formula is C42H31N. The van der Waals surface area contributed by atoms with Gasteiger partial charge in [0.25, 0.3) is 0 Å². The van der Waals surface area contributed by atoms with Crippen LogP contribution >= 0.6 is 0 Å². The Morgan fingerprint density at radius 3 is 1.84 bits per heavy atom. The van der Waals surface area contributed by atoms with E-state index in [1.54, 1.807) is 0 Å². The quantitative estimate of drug-likeness (QED) is 0.187. The minimum atomic E-state index is 1.03. The lowest BCUT2D eigenvalue weighted by atomic mass is 9.80. The van der Waals surface area contributed by atoms with E-state index in [4.69, 9.17) is 0 Å². The van der Waals surface area contributed by atoms with E-state index >= 15 is 0 Å². The van der Waals surface area contributed by atoms with Crippen LogP contribution in [0.1, 0.15) is 34.2 Å². The summed E-state index contributed by atoms with van der Waals surface area (Å²) >= 11 is 0. The largest absolute Gasteiger partial charge is 0.311 e. The van der Waals surface area contributed by atoms with Gasteiger partial charge in [-0.05, 0) is 105 Å². The van der Waals surface area contributed by atoms with Gasteiger partial charge in [-0.2, -0.15) is 0 Å². The molecule has 0 radical (unpaired) electrons. The number of hydrogen-bond acceptors (Lipinski definition) is 1. The number of hydrogen-bond donors (Lipinski definition) is 0. The van der Waals surface area contributed by atoms with E-state index in [1.165, 1.54) is 55.3 Å². The van der Waals surface area contributed by atoms with Crippen LogP contribution in [-0.2, 0) is 6.42 Å². The predicted octanol–water partition coefficient (Wildman–Crippen LogP) is 11.5. The second kappa shape index (κ2) is 10.8. The van der Waals surface area contributed by atoms with Crippen molar-refractivity contribution in [3.05, 3.63) is 173 Å². The summed E-state index contributed by atoms with van der Waals surface area (Å²) in [6.45, 7) is 0. The zero-order valence-electron chi connectivity index (χ0n) is 23.9. The molecule has 0 heterocycles. The highest BCUT2D eigenvalue weighted by atomic mass is 15.1. The molecule has 0 spiro atoms. The third-order valence-electron chi connectivity index (χ3n) is 8.69.